The highest BCUT2D eigenvalue weighted by atomic mass is 79.9. The van der Waals surface area contributed by atoms with E-state index in [0.717, 1.165) is 11.9 Å². The summed E-state index contributed by atoms with van der Waals surface area (Å²) in [5.74, 6) is 1.23. The number of hydrogen-bond donors (Lipinski definition) is 0. The molecule has 1 saturated heterocycles. The second-order valence-electron chi connectivity index (χ2n) is 2.51. The number of aliphatic imine (C=N–C) groups is 1. The fourth-order valence-corrected chi connectivity index (χ4v) is 2.67. The van der Waals surface area contributed by atoms with Gasteiger partial charge in [0, 0.05) is 24.2 Å². The molecule has 2 rings (SSSR count). The highest BCUT2D eigenvalue weighted by molar-refractivity contribution is 9.09. The minimum atomic E-state index is 0.516. The summed E-state index contributed by atoms with van der Waals surface area (Å²) in [5.41, 5.74) is 0. The molecule has 2 aliphatic rings. The van der Waals surface area contributed by atoms with Crippen molar-refractivity contribution in [3.05, 3.63) is 0 Å². The van der Waals surface area contributed by atoms with Crippen LogP contribution in [0.5, 0.6) is 0 Å². The number of halogens is 1. The van der Waals surface area contributed by atoms with E-state index in [9.17, 15) is 0 Å². The Morgan fingerprint density at radius 2 is 2.70 bits per heavy atom. The van der Waals surface area contributed by atoms with Crippen LogP contribution in [0.15, 0.2) is 4.99 Å². The Hall–Kier alpha value is 0.300. The molecule has 4 heteroatoms. The zero-order valence-corrected chi connectivity index (χ0v) is 7.99. The Morgan fingerprint density at radius 3 is 3.40 bits per heavy atom. The molecule has 0 amide bonds. The van der Waals surface area contributed by atoms with E-state index in [1.165, 1.54) is 17.5 Å². The molecule has 2 heterocycles. The summed E-state index contributed by atoms with van der Waals surface area (Å²) in [5, 5.41) is 2.28. The molecule has 0 radical (unpaired) electrons. The first-order valence-corrected chi connectivity index (χ1v) is 5.52. The molecule has 2 aliphatic heterocycles. The van der Waals surface area contributed by atoms with Gasteiger partial charge in [-0.25, -0.2) is 0 Å². The smallest absolute Gasteiger partial charge is 0.159 e. The first-order chi connectivity index (χ1) is 4.90. The lowest BCUT2D eigenvalue weighted by Gasteiger charge is -2.10. The molecule has 0 saturated carbocycles. The van der Waals surface area contributed by atoms with E-state index in [-0.39, 0.29) is 0 Å². The Kier molecular flexibility index (Phi) is 1.91. The maximum absolute atomic E-state index is 4.53. The van der Waals surface area contributed by atoms with Gasteiger partial charge in [-0.3, -0.25) is 4.99 Å². The number of fused-ring (bicyclic) bond motifs is 1. The molecule has 0 aromatic heterocycles. The van der Waals surface area contributed by atoms with Crippen LogP contribution in [0, 0.1) is 0 Å². The quantitative estimate of drug-likeness (QED) is 0.617. The predicted molar refractivity (Wildman–Crippen MR) is 49.0 cm³/mol. The topological polar surface area (TPSA) is 15.6 Å². The molecule has 0 bridgehead atoms. The standard InChI is InChI=1S/C6H9BrN2S/c7-3-5-4-9-1-2-10-6(9)8-5/h5H,1-4H2/t5-/m0/s1. The lowest BCUT2D eigenvalue weighted by molar-refractivity contribution is 0.472. The third-order valence-electron chi connectivity index (χ3n) is 1.77. The van der Waals surface area contributed by atoms with Crippen LogP contribution in [-0.2, 0) is 0 Å². The van der Waals surface area contributed by atoms with E-state index in [1.54, 1.807) is 0 Å². The maximum Gasteiger partial charge on any atom is 0.159 e. The van der Waals surface area contributed by atoms with Crippen molar-refractivity contribution < 1.29 is 0 Å². The van der Waals surface area contributed by atoms with E-state index in [1.807, 2.05) is 11.8 Å². The van der Waals surface area contributed by atoms with Gasteiger partial charge in [0.05, 0.1) is 6.04 Å². The van der Waals surface area contributed by atoms with Crippen LogP contribution in [0.1, 0.15) is 0 Å². The zero-order valence-electron chi connectivity index (χ0n) is 5.59. The van der Waals surface area contributed by atoms with Gasteiger partial charge in [-0.15, -0.1) is 0 Å². The number of amidine groups is 1. The number of thioether (sulfide) groups is 1. The summed E-state index contributed by atoms with van der Waals surface area (Å²) >= 11 is 5.33. The molecule has 0 spiro atoms. The molecule has 56 valence electrons. The van der Waals surface area contributed by atoms with Crippen molar-refractivity contribution >= 4 is 32.9 Å². The molecule has 1 fully saturated rings. The normalized spacial score (nSPS) is 30.7. The molecule has 2 nitrogen and oxygen atoms in total. The number of rotatable bonds is 1. The summed E-state index contributed by atoms with van der Waals surface area (Å²) in [4.78, 5) is 6.90. The van der Waals surface area contributed by atoms with Gasteiger partial charge in [0.15, 0.2) is 5.17 Å². The molecular formula is C6H9BrN2S. The molecule has 1 atom stereocenters. The SMILES string of the molecule is BrC[C@H]1CN2CCSC2=N1. The molecule has 0 unspecified atom stereocenters. The Bertz CT molecular complexity index is 171. The first kappa shape index (κ1) is 6.98. The van der Waals surface area contributed by atoms with Crippen molar-refractivity contribution in [3.8, 4) is 0 Å². The van der Waals surface area contributed by atoms with Gasteiger partial charge in [-0.05, 0) is 0 Å². The third-order valence-corrected chi connectivity index (χ3v) is 3.52. The zero-order chi connectivity index (χ0) is 6.97. The second-order valence-corrected chi connectivity index (χ2v) is 4.22. The van der Waals surface area contributed by atoms with Crippen LogP contribution in [0.3, 0.4) is 0 Å². The second kappa shape index (κ2) is 2.74. The Labute approximate surface area is 73.2 Å². The van der Waals surface area contributed by atoms with E-state index >= 15 is 0 Å². The van der Waals surface area contributed by atoms with Gasteiger partial charge < -0.3 is 4.90 Å². The van der Waals surface area contributed by atoms with Crippen LogP contribution >= 0.6 is 27.7 Å². The van der Waals surface area contributed by atoms with Gasteiger partial charge in [0.1, 0.15) is 0 Å². The van der Waals surface area contributed by atoms with Crippen LogP contribution in [0.4, 0.5) is 0 Å². The highest BCUT2D eigenvalue weighted by Gasteiger charge is 2.28. The summed E-state index contributed by atoms with van der Waals surface area (Å²) in [6.45, 7) is 2.33. The maximum atomic E-state index is 4.53. The lowest BCUT2D eigenvalue weighted by Crippen LogP contribution is -2.24. The largest absolute Gasteiger partial charge is 0.348 e. The average molecular weight is 221 g/mol. The Balaban J connectivity index is 2.08. The molecule has 0 aromatic rings. The van der Waals surface area contributed by atoms with E-state index in [0.29, 0.717) is 6.04 Å². The molecule has 10 heavy (non-hydrogen) atoms. The van der Waals surface area contributed by atoms with E-state index < -0.39 is 0 Å². The molecule has 0 N–H and O–H groups in total. The van der Waals surface area contributed by atoms with Crippen molar-refractivity contribution in [2.75, 3.05) is 24.2 Å². The Morgan fingerprint density at radius 1 is 1.80 bits per heavy atom. The van der Waals surface area contributed by atoms with Gasteiger partial charge >= 0.3 is 0 Å². The van der Waals surface area contributed by atoms with Crippen LogP contribution in [0.2, 0.25) is 0 Å². The van der Waals surface area contributed by atoms with Gasteiger partial charge in [-0.2, -0.15) is 0 Å². The number of alkyl halides is 1. The average Bonchev–Trinajstić information content (AvgIpc) is 2.42. The van der Waals surface area contributed by atoms with Crippen LogP contribution in [-0.4, -0.2) is 40.3 Å². The van der Waals surface area contributed by atoms with Crippen molar-refractivity contribution in [2.45, 2.75) is 6.04 Å². The van der Waals surface area contributed by atoms with Crippen LogP contribution < -0.4 is 0 Å². The van der Waals surface area contributed by atoms with Crippen molar-refractivity contribution in [1.82, 2.24) is 4.90 Å². The lowest BCUT2D eigenvalue weighted by atomic mass is 10.4. The molecular weight excluding hydrogens is 212 g/mol. The summed E-state index contributed by atoms with van der Waals surface area (Å²) in [6, 6.07) is 0.516. The molecule has 0 aromatic carbocycles. The highest BCUT2D eigenvalue weighted by Crippen LogP contribution is 2.24. The van der Waals surface area contributed by atoms with Gasteiger partial charge in [0.25, 0.3) is 0 Å². The third kappa shape index (κ3) is 1.07. The molecule has 0 aliphatic carbocycles. The van der Waals surface area contributed by atoms with Crippen LogP contribution in [0.25, 0.3) is 0 Å². The van der Waals surface area contributed by atoms with E-state index in [4.69, 9.17) is 0 Å². The van der Waals surface area contributed by atoms with E-state index in [2.05, 4.69) is 25.8 Å². The van der Waals surface area contributed by atoms with Gasteiger partial charge in [-0.1, -0.05) is 27.7 Å². The fourth-order valence-electron chi connectivity index (χ4n) is 1.26. The number of nitrogens with zero attached hydrogens (tertiary/aromatic N) is 2. The minimum absolute atomic E-state index is 0.516. The van der Waals surface area contributed by atoms with Crippen molar-refractivity contribution in [1.29, 1.82) is 0 Å². The summed E-state index contributed by atoms with van der Waals surface area (Å²) < 4.78 is 0. The minimum Gasteiger partial charge on any atom is -0.348 e. The van der Waals surface area contributed by atoms with Crippen molar-refractivity contribution in [3.63, 3.8) is 0 Å². The van der Waals surface area contributed by atoms with Gasteiger partial charge in [0.2, 0.25) is 0 Å². The fraction of sp³-hybridized carbons (Fsp3) is 0.833. The summed E-state index contributed by atoms with van der Waals surface area (Å²) in [7, 11) is 0. The predicted octanol–water partition coefficient (Wildman–Crippen LogP) is 1.17. The summed E-state index contributed by atoms with van der Waals surface area (Å²) in [6.07, 6.45) is 0. The number of hydrogen-bond acceptors (Lipinski definition) is 3. The first-order valence-electron chi connectivity index (χ1n) is 3.41. The monoisotopic (exact) mass is 220 g/mol. The van der Waals surface area contributed by atoms with Crippen molar-refractivity contribution in [2.24, 2.45) is 4.99 Å².